The van der Waals surface area contributed by atoms with Crippen LogP contribution in [0.3, 0.4) is 0 Å². The number of nitrogens with one attached hydrogen (secondary N) is 2. The Balaban J connectivity index is 2.38. The van der Waals surface area contributed by atoms with Crippen LogP contribution < -0.4 is 10.6 Å². The molecule has 0 aliphatic rings. The highest BCUT2D eigenvalue weighted by Crippen LogP contribution is 2.20. The Morgan fingerprint density at radius 1 is 1.21 bits per heavy atom. The van der Waals surface area contributed by atoms with Gasteiger partial charge in [0.25, 0.3) is 5.91 Å². The first-order valence-electron chi connectivity index (χ1n) is 7.27. The summed E-state index contributed by atoms with van der Waals surface area (Å²) in [4.78, 5) is 36.1. The van der Waals surface area contributed by atoms with Crippen molar-refractivity contribution in [2.24, 2.45) is 0 Å². The van der Waals surface area contributed by atoms with E-state index in [0.29, 0.717) is 0 Å². The largest absolute Gasteiger partial charge is 0.452 e. The minimum absolute atomic E-state index is 0.0768. The predicted molar refractivity (Wildman–Crippen MR) is 96.8 cm³/mol. The van der Waals surface area contributed by atoms with Crippen molar-refractivity contribution in [3.8, 4) is 0 Å². The normalized spacial score (nSPS) is 12.2. The number of hydrogen-bond acceptors (Lipinski definition) is 5. The lowest BCUT2D eigenvalue weighted by Gasteiger charge is -2.21. The Morgan fingerprint density at radius 2 is 1.79 bits per heavy atom. The Kier molecular flexibility index (Phi) is 7.75. The highest BCUT2D eigenvalue weighted by atomic mass is 79.9. The zero-order valence-electron chi connectivity index (χ0n) is 14.0. The van der Waals surface area contributed by atoms with Crippen molar-refractivity contribution in [1.82, 2.24) is 10.6 Å². The third kappa shape index (κ3) is 8.35. The molecule has 0 aliphatic carbocycles. The lowest BCUT2D eigenvalue weighted by Crippen LogP contribution is -2.50. The zero-order chi connectivity index (χ0) is 18.3. The van der Waals surface area contributed by atoms with E-state index in [9.17, 15) is 14.4 Å². The molecule has 24 heavy (non-hydrogen) atoms. The van der Waals surface area contributed by atoms with Crippen LogP contribution in [0.4, 0.5) is 4.79 Å². The lowest BCUT2D eigenvalue weighted by molar-refractivity contribution is -0.151. The van der Waals surface area contributed by atoms with Crippen molar-refractivity contribution in [3.63, 3.8) is 0 Å². The Bertz CT molecular complexity index is 599. The number of carbonyl (C=O) groups excluding carboxylic acids is 3. The lowest BCUT2D eigenvalue weighted by atomic mass is 10.1. The van der Waals surface area contributed by atoms with Gasteiger partial charge in [-0.25, -0.2) is 4.79 Å². The van der Waals surface area contributed by atoms with Gasteiger partial charge in [-0.05, 0) is 52.0 Å². The molecule has 1 rings (SSSR count). The van der Waals surface area contributed by atoms with E-state index in [-0.39, 0.29) is 5.75 Å². The number of esters is 1. The minimum Gasteiger partial charge on any atom is -0.452 e. The maximum Gasteiger partial charge on any atom is 0.321 e. The number of imide groups is 1. The molecule has 6 nitrogen and oxygen atoms in total. The van der Waals surface area contributed by atoms with Crippen LogP contribution in [0.15, 0.2) is 33.6 Å². The SMILES string of the molecule is CC(OC(=O)CSc1ccc(Br)cc1)C(=O)NC(=O)NC(C)(C)C. The van der Waals surface area contributed by atoms with Gasteiger partial charge in [0, 0.05) is 14.9 Å². The van der Waals surface area contributed by atoms with Gasteiger partial charge in [0.2, 0.25) is 0 Å². The van der Waals surface area contributed by atoms with Crippen molar-refractivity contribution in [2.75, 3.05) is 5.75 Å². The average Bonchev–Trinajstić information content (AvgIpc) is 2.44. The molecule has 0 saturated carbocycles. The number of urea groups is 1. The van der Waals surface area contributed by atoms with Gasteiger partial charge in [-0.2, -0.15) is 0 Å². The fraction of sp³-hybridized carbons (Fsp3) is 0.438. The number of halogens is 1. The highest BCUT2D eigenvalue weighted by Gasteiger charge is 2.22. The van der Waals surface area contributed by atoms with Crippen molar-refractivity contribution >= 4 is 45.6 Å². The summed E-state index contributed by atoms with van der Waals surface area (Å²) in [5.41, 5.74) is -0.467. The first-order chi connectivity index (χ1) is 11.1. The Hall–Kier alpha value is -1.54. The van der Waals surface area contributed by atoms with Crippen molar-refractivity contribution in [1.29, 1.82) is 0 Å². The number of hydrogen-bond donors (Lipinski definition) is 2. The molecule has 0 aromatic heterocycles. The fourth-order valence-electron chi connectivity index (χ4n) is 1.54. The van der Waals surface area contributed by atoms with Crippen LogP contribution >= 0.6 is 27.7 Å². The highest BCUT2D eigenvalue weighted by molar-refractivity contribution is 9.10. The van der Waals surface area contributed by atoms with Gasteiger partial charge < -0.3 is 10.1 Å². The smallest absolute Gasteiger partial charge is 0.321 e. The van der Waals surface area contributed by atoms with Crippen LogP contribution in [0.1, 0.15) is 27.7 Å². The monoisotopic (exact) mass is 416 g/mol. The van der Waals surface area contributed by atoms with E-state index < -0.39 is 29.6 Å². The molecule has 0 fully saturated rings. The molecule has 3 amide bonds. The molecule has 2 N–H and O–H groups in total. The molecule has 0 saturated heterocycles. The molecule has 0 heterocycles. The predicted octanol–water partition coefficient (Wildman–Crippen LogP) is 3.10. The molecule has 8 heteroatoms. The van der Waals surface area contributed by atoms with Crippen molar-refractivity contribution in [2.45, 2.75) is 44.2 Å². The summed E-state index contributed by atoms with van der Waals surface area (Å²) in [6.07, 6.45) is -1.05. The topological polar surface area (TPSA) is 84.5 Å². The second kappa shape index (κ2) is 9.08. The minimum atomic E-state index is -1.05. The Morgan fingerprint density at radius 3 is 2.33 bits per heavy atom. The van der Waals surface area contributed by atoms with Crippen molar-refractivity contribution < 1.29 is 19.1 Å². The summed E-state index contributed by atoms with van der Waals surface area (Å²) >= 11 is 4.64. The third-order valence-corrected chi connectivity index (χ3v) is 4.09. The summed E-state index contributed by atoms with van der Waals surface area (Å²) < 4.78 is 5.98. The molecule has 0 radical (unpaired) electrons. The number of thioether (sulfide) groups is 1. The third-order valence-electron chi connectivity index (χ3n) is 2.57. The molecular formula is C16H21BrN2O4S. The maximum atomic E-state index is 11.8. The van der Waals surface area contributed by atoms with Gasteiger partial charge in [-0.15, -0.1) is 11.8 Å². The van der Waals surface area contributed by atoms with Gasteiger partial charge >= 0.3 is 12.0 Å². The Labute approximate surface area is 154 Å². The fourth-order valence-corrected chi connectivity index (χ4v) is 2.49. The zero-order valence-corrected chi connectivity index (χ0v) is 16.4. The van der Waals surface area contributed by atoms with E-state index in [1.165, 1.54) is 18.7 Å². The number of carbonyl (C=O) groups is 3. The molecular weight excluding hydrogens is 396 g/mol. The van der Waals surface area contributed by atoms with Crippen LogP contribution in [-0.2, 0) is 14.3 Å². The summed E-state index contributed by atoms with van der Waals surface area (Å²) in [6.45, 7) is 6.79. The first kappa shape index (κ1) is 20.5. The molecule has 1 aromatic rings. The van der Waals surface area contributed by atoms with Crippen LogP contribution in [0.25, 0.3) is 0 Å². The average molecular weight is 417 g/mol. The van der Waals surface area contributed by atoms with E-state index in [4.69, 9.17) is 4.74 Å². The van der Waals surface area contributed by atoms with Crippen molar-refractivity contribution in [3.05, 3.63) is 28.7 Å². The van der Waals surface area contributed by atoms with Crippen LogP contribution in [-0.4, -0.2) is 35.3 Å². The number of ether oxygens (including phenoxy) is 1. The molecule has 1 aromatic carbocycles. The van der Waals surface area contributed by atoms with E-state index in [1.807, 2.05) is 24.3 Å². The second-order valence-electron chi connectivity index (χ2n) is 6.07. The number of rotatable bonds is 5. The molecule has 1 atom stereocenters. The summed E-state index contributed by atoms with van der Waals surface area (Å²) in [5, 5.41) is 4.73. The van der Waals surface area contributed by atoms with E-state index in [2.05, 4.69) is 26.6 Å². The molecule has 0 aliphatic heterocycles. The van der Waals surface area contributed by atoms with E-state index in [1.54, 1.807) is 20.8 Å². The molecule has 0 spiro atoms. The summed E-state index contributed by atoms with van der Waals surface area (Å²) in [5.74, 6) is -1.12. The van der Waals surface area contributed by atoms with Gasteiger partial charge in [0.05, 0.1) is 5.75 Å². The quantitative estimate of drug-likeness (QED) is 0.568. The van der Waals surface area contributed by atoms with Crippen LogP contribution in [0, 0.1) is 0 Å². The van der Waals surface area contributed by atoms with Gasteiger partial charge in [0.15, 0.2) is 6.10 Å². The molecule has 0 bridgehead atoms. The first-order valence-corrected chi connectivity index (χ1v) is 9.05. The standard InChI is InChI=1S/C16H21BrN2O4S/c1-10(14(21)18-15(22)19-16(2,3)4)23-13(20)9-24-12-7-5-11(17)6-8-12/h5-8,10H,9H2,1-4H3,(H2,18,19,21,22). The van der Waals surface area contributed by atoms with Crippen LogP contribution in [0.2, 0.25) is 0 Å². The van der Waals surface area contributed by atoms with Crippen LogP contribution in [0.5, 0.6) is 0 Å². The summed E-state index contributed by atoms with van der Waals surface area (Å²) in [7, 11) is 0. The van der Waals surface area contributed by atoms with Gasteiger partial charge in [-0.1, -0.05) is 15.9 Å². The molecule has 132 valence electrons. The maximum absolute atomic E-state index is 11.8. The van der Waals surface area contributed by atoms with E-state index >= 15 is 0 Å². The summed E-state index contributed by atoms with van der Waals surface area (Å²) in [6, 6.07) is 6.86. The second-order valence-corrected chi connectivity index (χ2v) is 8.03. The number of amides is 3. The van der Waals surface area contributed by atoms with Gasteiger partial charge in [0.1, 0.15) is 0 Å². The van der Waals surface area contributed by atoms with E-state index in [0.717, 1.165) is 9.37 Å². The number of benzene rings is 1. The van der Waals surface area contributed by atoms with Gasteiger partial charge in [-0.3, -0.25) is 14.9 Å². The molecule has 1 unspecified atom stereocenters.